The van der Waals surface area contributed by atoms with Gasteiger partial charge in [0.15, 0.2) is 0 Å². The number of nitrogens with zero attached hydrogens (tertiary/aromatic N) is 2. The standard InChI is InChI=1S/C5H13N3O/c1-4(2)8(9)5(6)7-3/h4,9H,1-3H3,(H2,6,7). The summed E-state index contributed by atoms with van der Waals surface area (Å²) >= 11 is 0. The maximum atomic E-state index is 8.97. The molecule has 0 rings (SSSR count). The van der Waals surface area contributed by atoms with Gasteiger partial charge < -0.3 is 5.73 Å². The lowest BCUT2D eigenvalue weighted by Crippen LogP contribution is -2.39. The van der Waals surface area contributed by atoms with Gasteiger partial charge in [-0.25, -0.2) is 5.06 Å². The Labute approximate surface area is 54.9 Å². The van der Waals surface area contributed by atoms with E-state index in [9.17, 15) is 0 Å². The summed E-state index contributed by atoms with van der Waals surface area (Å²) in [6.07, 6.45) is 0. The molecule has 0 atom stereocenters. The maximum Gasteiger partial charge on any atom is 0.215 e. The van der Waals surface area contributed by atoms with Crippen molar-refractivity contribution in [2.75, 3.05) is 7.05 Å². The van der Waals surface area contributed by atoms with Crippen molar-refractivity contribution in [1.82, 2.24) is 5.06 Å². The highest BCUT2D eigenvalue weighted by Gasteiger charge is 2.05. The fraction of sp³-hybridized carbons (Fsp3) is 0.800. The van der Waals surface area contributed by atoms with Crippen LogP contribution in [0.2, 0.25) is 0 Å². The third kappa shape index (κ3) is 2.32. The van der Waals surface area contributed by atoms with Gasteiger partial charge in [-0.1, -0.05) is 0 Å². The quantitative estimate of drug-likeness (QED) is 0.300. The van der Waals surface area contributed by atoms with Crippen molar-refractivity contribution in [3.05, 3.63) is 0 Å². The first-order valence-electron chi connectivity index (χ1n) is 2.80. The van der Waals surface area contributed by atoms with Crippen LogP contribution in [-0.4, -0.2) is 29.3 Å². The second-order valence-electron chi connectivity index (χ2n) is 2.02. The molecule has 0 heterocycles. The minimum Gasteiger partial charge on any atom is -0.368 e. The van der Waals surface area contributed by atoms with Crippen LogP contribution in [0.3, 0.4) is 0 Å². The average Bonchev–Trinajstić information content (AvgIpc) is 1.84. The zero-order valence-corrected chi connectivity index (χ0v) is 6.00. The van der Waals surface area contributed by atoms with Crippen LogP contribution in [0.25, 0.3) is 0 Å². The number of hydrogen-bond acceptors (Lipinski definition) is 2. The van der Waals surface area contributed by atoms with Gasteiger partial charge in [-0.3, -0.25) is 10.2 Å². The predicted octanol–water partition coefficient (Wildman–Crippen LogP) is 0.0305. The molecule has 0 radical (unpaired) electrons. The predicted molar refractivity (Wildman–Crippen MR) is 36.3 cm³/mol. The monoisotopic (exact) mass is 131 g/mol. The summed E-state index contributed by atoms with van der Waals surface area (Å²) in [7, 11) is 1.53. The SMILES string of the molecule is C/N=C(\N)N(O)C(C)C. The van der Waals surface area contributed by atoms with E-state index in [0.717, 1.165) is 5.06 Å². The first-order chi connectivity index (χ1) is 4.09. The smallest absolute Gasteiger partial charge is 0.215 e. The van der Waals surface area contributed by atoms with Gasteiger partial charge in [-0.2, -0.15) is 0 Å². The van der Waals surface area contributed by atoms with Gasteiger partial charge in [0.1, 0.15) is 0 Å². The molecule has 3 N–H and O–H groups in total. The fourth-order valence-corrected chi connectivity index (χ4v) is 0.367. The van der Waals surface area contributed by atoms with E-state index in [2.05, 4.69) is 4.99 Å². The second-order valence-corrected chi connectivity index (χ2v) is 2.02. The highest BCUT2D eigenvalue weighted by atomic mass is 16.5. The second kappa shape index (κ2) is 3.29. The Bertz CT molecular complexity index is 111. The Kier molecular flexibility index (Phi) is 3.01. The van der Waals surface area contributed by atoms with Crippen LogP contribution in [0.4, 0.5) is 0 Å². The molecule has 0 aromatic carbocycles. The molecule has 0 bridgehead atoms. The van der Waals surface area contributed by atoms with Crippen LogP contribution in [0.15, 0.2) is 4.99 Å². The van der Waals surface area contributed by atoms with Crippen LogP contribution < -0.4 is 5.73 Å². The Morgan fingerprint density at radius 1 is 1.67 bits per heavy atom. The summed E-state index contributed by atoms with van der Waals surface area (Å²) in [5, 5.41) is 9.89. The van der Waals surface area contributed by atoms with Crippen molar-refractivity contribution < 1.29 is 5.21 Å². The van der Waals surface area contributed by atoms with Crippen molar-refractivity contribution >= 4 is 5.96 Å². The number of nitrogens with two attached hydrogens (primary N) is 1. The molecule has 4 nitrogen and oxygen atoms in total. The number of rotatable bonds is 1. The molecule has 0 aromatic heterocycles. The molecular weight excluding hydrogens is 118 g/mol. The van der Waals surface area contributed by atoms with E-state index in [1.54, 1.807) is 0 Å². The molecule has 0 aromatic rings. The fourth-order valence-electron chi connectivity index (χ4n) is 0.367. The van der Waals surface area contributed by atoms with E-state index in [-0.39, 0.29) is 12.0 Å². The van der Waals surface area contributed by atoms with Gasteiger partial charge in [0.2, 0.25) is 5.96 Å². The minimum atomic E-state index is -0.0197. The van der Waals surface area contributed by atoms with Gasteiger partial charge in [-0.05, 0) is 13.8 Å². The number of guanidine groups is 1. The maximum absolute atomic E-state index is 8.97. The molecule has 0 unspecified atom stereocenters. The van der Waals surface area contributed by atoms with E-state index >= 15 is 0 Å². The molecule has 4 heteroatoms. The van der Waals surface area contributed by atoms with Crippen LogP contribution >= 0.6 is 0 Å². The highest BCUT2D eigenvalue weighted by molar-refractivity contribution is 5.76. The van der Waals surface area contributed by atoms with Gasteiger partial charge in [0.05, 0.1) is 6.04 Å². The molecule has 0 aliphatic rings. The van der Waals surface area contributed by atoms with Gasteiger partial charge in [0.25, 0.3) is 0 Å². The van der Waals surface area contributed by atoms with Crippen molar-refractivity contribution in [2.24, 2.45) is 10.7 Å². The van der Waals surface area contributed by atoms with Gasteiger partial charge in [0, 0.05) is 7.05 Å². The van der Waals surface area contributed by atoms with Crippen LogP contribution in [0.5, 0.6) is 0 Å². The first-order valence-corrected chi connectivity index (χ1v) is 2.80. The molecule has 54 valence electrons. The van der Waals surface area contributed by atoms with Crippen molar-refractivity contribution in [1.29, 1.82) is 0 Å². The van der Waals surface area contributed by atoms with Crippen LogP contribution in [-0.2, 0) is 0 Å². The zero-order chi connectivity index (χ0) is 7.44. The summed E-state index contributed by atoms with van der Waals surface area (Å²) in [6, 6.07) is -0.0197. The van der Waals surface area contributed by atoms with Crippen molar-refractivity contribution in [3.63, 3.8) is 0 Å². The largest absolute Gasteiger partial charge is 0.368 e. The highest BCUT2D eigenvalue weighted by Crippen LogP contribution is 1.90. The van der Waals surface area contributed by atoms with Crippen molar-refractivity contribution in [3.8, 4) is 0 Å². The zero-order valence-electron chi connectivity index (χ0n) is 6.00. The number of aliphatic imine (C=N–C) groups is 1. The Hall–Kier alpha value is -0.770. The molecule has 9 heavy (non-hydrogen) atoms. The average molecular weight is 131 g/mol. The molecule has 0 saturated carbocycles. The lowest BCUT2D eigenvalue weighted by molar-refractivity contribution is -0.0435. The first kappa shape index (κ1) is 8.23. The normalized spacial score (nSPS) is 12.3. The Morgan fingerprint density at radius 2 is 2.11 bits per heavy atom. The minimum absolute atomic E-state index is 0.0197. The molecule has 0 aliphatic carbocycles. The number of hydroxylamine groups is 2. The Balaban J connectivity index is 3.88. The van der Waals surface area contributed by atoms with Gasteiger partial charge >= 0.3 is 0 Å². The molecule has 0 spiro atoms. The third-order valence-corrected chi connectivity index (χ3v) is 0.953. The van der Waals surface area contributed by atoms with E-state index in [4.69, 9.17) is 10.9 Å². The summed E-state index contributed by atoms with van der Waals surface area (Å²) in [5.41, 5.74) is 5.24. The lowest BCUT2D eigenvalue weighted by Gasteiger charge is -2.18. The number of hydrogen-bond donors (Lipinski definition) is 2. The summed E-state index contributed by atoms with van der Waals surface area (Å²) < 4.78 is 0. The molecule has 0 amide bonds. The lowest BCUT2D eigenvalue weighted by atomic mass is 10.4. The molecule has 0 saturated heterocycles. The van der Waals surface area contributed by atoms with Crippen LogP contribution in [0.1, 0.15) is 13.8 Å². The molecule has 0 aliphatic heterocycles. The topological polar surface area (TPSA) is 61.8 Å². The van der Waals surface area contributed by atoms with E-state index in [0.29, 0.717) is 0 Å². The van der Waals surface area contributed by atoms with Crippen LogP contribution in [0, 0.1) is 0 Å². The van der Waals surface area contributed by atoms with Crippen molar-refractivity contribution in [2.45, 2.75) is 19.9 Å². The Morgan fingerprint density at radius 3 is 2.22 bits per heavy atom. The van der Waals surface area contributed by atoms with E-state index in [1.165, 1.54) is 7.05 Å². The van der Waals surface area contributed by atoms with E-state index in [1.807, 2.05) is 13.8 Å². The summed E-state index contributed by atoms with van der Waals surface area (Å²) in [6.45, 7) is 3.64. The summed E-state index contributed by atoms with van der Waals surface area (Å²) in [5.74, 6) is 0.144. The molecular formula is C5H13N3O. The molecule has 0 fully saturated rings. The van der Waals surface area contributed by atoms with Gasteiger partial charge in [-0.15, -0.1) is 0 Å². The third-order valence-electron chi connectivity index (χ3n) is 0.953. The van der Waals surface area contributed by atoms with E-state index < -0.39 is 0 Å². The summed E-state index contributed by atoms with van der Waals surface area (Å²) in [4.78, 5) is 3.58.